The van der Waals surface area contributed by atoms with Crippen LogP contribution in [0.2, 0.25) is 0 Å². The fourth-order valence-corrected chi connectivity index (χ4v) is 2.53. The molecule has 2 rings (SSSR count). The van der Waals surface area contributed by atoms with Gasteiger partial charge in [0.15, 0.2) is 0 Å². The van der Waals surface area contributed by atoms with Crippen molar-refractivity contribution in [2.45, 2.75) is 45.2 Å². The zero-order valence-corrected chi connectivity index (χ0v) is 11.4. The van der Waals surface area contributed by atoms with Crippen LogP contribution in [-0.4, -0.2) is 28.0 Å². The summed E-state index contributed by atoms with van der Waals surface area (Å²) in [5.41, 5.74) is 6.50. The zero-order chi connectivity index (χ0) is 13.8. The Morgan fingerprint density at radius 3 is 2.74 bits per heavy atom. The number of pyridine rings is 1. The van der Waals surface area contributed by atoms with Gasteiger partial charge < -0.3 is 5.43 Å². The molecular formula is C13H21N5O. The number of hydrogen-bond donors (Lipinski definition) is 3. The van der Waals surface area contributed by atoms with Gasteiger partial charge in [0.05, 0.1) is 17.4 Å². The summed E-state index contributed by atoms with van der Waals surface area (Å²) in [6.07, 6.45) is 6.53. The van der Waals surface area contributed by atoms with Gasteiger partial charge in [0, 0.05) is 18.3 Å². The molecule has 0 spiro atoms. The molecule has 19 heavy (non-hydrogen) atoms. The van der Waals surface area contributed by atoms with Gasteiger partial charge in [-0.05, 0) is 32.8 Å². The molecule has 1 saturated heterocycles. The second-order valence-electron chi connectivity index (χ2n) is 5.04. The summed E-state index contributed by atoms with van der Waals surface area (Å²) in [4.78, 5) is 16.2. The van der Waals surface area contributed by atoms with Gasteiger partial charge in [-0.3, -0.25) is 21.0 Å². The van der Waals surface area contributed by atoms with E-state index in [1.54, 1.807) is 12.3 Å². The Balaban J connectivity index is 2.11. The Hall–Kier alpha value is -1.66. The quantitative estimate of drug-likeness (QED) is 0.565. The van der Waals surface area contributed by atoms with E-state index in [2.05, 4.69) is 29.7 Å². The third-order valence-electron chi connectivity index (χ3n) is 3.65. The highest BCUT2D eigenvalue weighted by atomic mass is 16.2. The molecule has 1 aliphatic rings. The Morgan fingerprint density at radius 2 is 2.11 bits per heavy atom. The molecule has 1 amide bonds. The third kappa shape index (κ3) is 3.02. The standard InChI is InChI=1S/C13H21N5O/c1-9-4-3-5-10(2)18(9)17-13(19)11-6-7-15-8-12(11)16-14/h6-10,16H,3-5,14H2,1-2H3,(H,17,19). The van der Waals surface area contributed by atoms with Gasteiger partial charge in [-0.25, -0.2) is 5.01 Å². The molecule has 2 atom stereocenters. The number of carbonyl (C=O) groups excluding carboxylic acids is 1. The van der Waals surface area contributed by atoms with Gasteiger partial charge in [-0.2, -0.15) is 0 Å². The lowest BCUT2D eigenvalue weighted by atomic mass is 10.00. The van der Waals surface area contributed by atoms with Crippen molar-refractivity contribution in [3.63, 3.8) is 0 Å². The summed E-state index contributed by atoms with van der Waals surface area (Å²) < 4.78 is 0. The highest BCUT2D eigenvalue weighted by Gasteiger charge is 2.26. The minimum atomic E-state index is -0.157. The van der Waals surface area contributed by atoms with Gasteiger partial charge in [0.25, 0.3) is 5.91 Å². The van der Waals surface area contributed by atoms with Crippen molar-refractivity contribution in [3.05, 3.63) is 24.0 Å². The summed E-state index contributed by atoms with van der Waals surface area (Å²) in [6, 6.07) is 2.36. The number of anilines is 1. The smallest absolute Gasteiger partial charge is 0.267 e. The van der Waals surface area contributed by atoms with E-state index in [1.807, 2.05) is 5.01 Å². The summed E-state index contributed by atoms with van der Waals surface area (Å²) >= 11 is 0. The number of aromatic nitrogens is 1. The van der Waals surface area contributed by atoms with Crippen molar-refractivity contribution < 1.29 is 4.79 Å². The Labute approximate surface area is 113 Å². The van der Waals surface area contributed by atoms with Gasteiger partial charge in [0.1, 0.15) is 0 Å². The van der Waals surface area contributed by atoms with Crippen LogP contribution >= 0.6 is 0 Å². The number of piperidine rings is 1. The second kappa shape index (κ2) is 5.99. The van der Waals surface area contributed by atoms with Gasteiger partial charge >= 0.3 is 0 Å². The molecule has 104 valence electrons. The van der Waals surface area contributed by atoms with Crippen molar-refractivity contribution in [2.75, 3.05) is 5.43 Å². The Morgan fingerprint density at radius 1 is 1.42 bits per heavy atom. The van der Waals surface area contributed by atoms with Crippen molar-refractivity contribution >= 4 is 11.6 Å². The highest BCUT2D eigenvalue weighted by Crippen LogP contribution is 2.21. The number of nitrogens with one attached hydrogen (secondary N) is 2. The molecule has 0 aromatic carbocycles. The van der Waals surface area contributed by atoms with Crippen molar-refractivity contribution in [3.8, 4) is 0 Å². The largest absolute Gasteiger partial charge is 0.322 e. The summed E-state index contributed by atoms with van der Waals surface area (Å²) in [7, 11) is 0. The monoisotopic (exact) mass is 263 g/mol. The van der Waals surface area contributed by atoms with E-state index >= 15 is 0 Å². The van der Waals surface area contributed by atoms with E-state index in [0.29, 0.717) is 23.3 Å². The fourth-order valence-electron chi connectivity index (χ4n) is 2.53. The van der Waals surface area contributed by atoms with Crippen LogP contribution in [0.5, 0.6) is 0 Å². The number of hydrazine groups is 2. The molecule has 0 radical (unpaired) electrons. The number of amides is 1. The maximum atomic E-state index is 12.3. The lowest BCUT2D eigenvalue weighted by molar-refractivity contribution is 0.0370. The van der Waals surface area contributed by atoms with Crippen LogP contribution in [0.3, 0.4) is 0 Å². The predicted octanol–water partition coefficient (Wildman–Crippen LogP) is 1.27. The number of nitrogen functional groups attached to an aromatic ring is 1. The van der Waals surface area contributed by atoms with Gasteiger partial charge in [-0.1, -0.05) is 6.42 Å². The Kier molecular flexibility index (Phi) is 4.34. The van der Waals surface area contributed by atoms with Crippen molar-refractivity contribution in [1.82, 2.24) is 15.4 Å². The molecule has 1 fully saturated rings. The van der Waals surface area contributed by atoms with Crippen LogP contribution < -0.4 is 16.7 Å². The zero-order valence-electron chi connectivity index (χ0n) is 11.4. The van der Waals surface area contributed by atoms with Crippen LogP contribution in [-0.2, 0) is 0 Å². The van der Waals surface area contributed by atoms with Crippen LogP contribution in [0, 0.1) is 0 Å². The first-order valence-corrected chi connectivity index (χ1v) is 6.63. The SMILES string of the molecule is CC1CCCC(C)N1NC(=O)c1ccncc1NN. The summed E-state index contributed by atoms with van der Waals surface area (Å²) in [6.45, 7) is 4.26. The molecule has 1 aromatic rings. The minimum Gasteiger partial charge on any atom is -0.322 e. The average Bonchev–Trinajstić information content (AvgIpc) is 2.42. The Bertz CT molecular complexity index is 440. The maximum absolute atomic E-state index is 12.3. The molecule has 4 N–H and O–H groups in total. The van der Waals surface area contributed by atoms with Gasteiger partial charge in [-0.15, -0.1) is 0 Å². The van der Waals surface area contributed by atoms with E-state index < -0.39 is 0 Å². The van der Waals surface area contributed by atoms with Crippen LogP contribution in [0.15, 0.2) is 18.5 Å². The number of hydrogen-bond acceptors (Lipinski definition) is 5. The first-order valence-electron chi connectivity index (χ1n) is 6.63. The third-order valence-corrected chi connectivity index (χ3v) is 3.65. The van der Waals surface area contributed by atoms with E-state index in [0.717, 1.165) is 12.8 Å². The molecule has 1 aromatic heterocycles. The number of nitrogens with zero attached hydrogens (tertiary/aromatic N) is 2. The average molecular weight is 263 g/mol. The van der Waals surface area contributed by atoms with Crippen LogP contribution in [0.4, 0.5) is 5.69 Å². The number of nitrogens with two attached hydrogens (primary N) is 1. The predicted molar refractivity (Wildman–Crippen MR) is 74.1 cm³/mol. The molecule has 2 heterocycles. The molecule has 1 aliphatic heterocycles. The van der Waals surface area contributed by atoms with Crippen molar-refractivity contribution in [1.29, 1.82) is 0 Å². The maximum Gasteiger partial charge on any atom is 0.267 e. The van der Waals surface area contributed by atoms with E-state index in [4.69, 9.17) is 5.84 Å². The van der Waals surface area contributed by atoms with Crippen molar-refractivity contribution in [2.24, 2.45) is 5.84 Å². The highest BCUT2D eigenvalue weighted by molar-refractivity contribution is 5.99. The molecule has 6 heteroatoms. The summed E-state index contributed by atoms with van der Waals surface area (Å²) in [5, 5.41) is 2.03. The molecule has 0 bridgehead atoms. The fraction of sp³-hybridized carbons (Fsp3) is 0.538. The van der Waals surface area contributed by atoms with Crippen LogP contribution in [0.1, 0.15) is 43.5 Å². The van der Waals surface area contributed by atoms with E-state index in [9.17, 15) is 4.79 Å². The van der Waals surface area contributed by atoms with E-state index in [1.165, 1.54) is 12.6 Å². The molecule has 6 nitrogen and oxygen atoms in total. The lowest BCUT2D eigenvalue weighted by Crippen LogP contribution is -2.54. The summed E-state index contributed by atoms with van der Waals surface area (Å²) in [5.74, 6) is 5.24. The molecule has 2 unspecified atom stereocenters. The number of rotatable bonds is 3. The first-order chi connectivity index (χ1) is 9.13. The van der Waals surface area contributed by atoms with Gasteiger partial charge in [0.2, 0.25) is 0 Å². The van der Waals surface area contributed by atoms with Crippen LogP contribution in [0.25, 0.3) is 0 Å². The first kappa shape index (κ1) is 13.8. The molecular weight excluding hydrogens is 242 g/mol. The molecule has 0 aliphatic carbocycles. The topological polar surface area (TPSA) is 83.3 Å². The normalized spacial score (nSPS) is 23.9. The molecule has 0 saturated carbocycles. The second-order valence-corrected chi connectivity index (χ2v) is 5.04. The number of carbonyl (C=O) groups is 1. The van der Waals surface area contributed by atoms with E-state index in [-0.39, 0.29) is 5.91 Å². The lowest BCUT2D eigenvalue weighted by Gasteiger charge is -2.38. The minimum absolute atomic E-state index is 0.157.